The van der Waals surface area contributed by atoms with Crippen LogP contribution in [0.15, 0.2) is 54.6 Å². The Morgan fingerprint density at radius 3 is 2.16 bits per heavy atom. The molecular formula is C18H15NO5S. The van der Waals surface area contributed by atoms with Crippen molar-refractivity contribution >= 4 is 23.2 Å². The summed E-state index contributed by atoms with van der Waals surface area (Å²) < 4.78 is 21.8. The minimum atomic E-state index is -1.85. The third-order valence-corrected chi connectivity index (χ3v) is 5.14. The molecule has 2 aliphatic rings. The summed E-state index contributed by atoms with van der Waals surface area (Å²) in [5.74, 6) is -0.717. The van der Waals surface area contributed by atoms with E-state index < -0.39 is 23.5 Å². The van der Waals surface area contributed by atoms with Crippen LogP contribution in [-0.2, 0) is 26.1 Å². The Morgan fingerprint density at radius 2 is 1.60 bits per heavy atom. The van der Waals surface area contributed by atoms with Crippen molar-refractivity contribution in [3.05, 3.63) is 71.3 Å². The zero-order valence-electron chi connectivity index (χ0n) is 13.2. The van der Waals surface area contributed by atoms with Crippen molar-refractivity contribution in [2.45, 2.75) is 18.6 Å². The van der Waals surface area contributed by atoms with Crippen LogP contribution >= 0.6 is 0 Å². The van der Waals surface area contributed by atoms with Crippen molar-refractivity contribution in [3.63, 3.8) is 0 Å². The van der Waals surface area contributed by atoms with Crippen LogP contribution in [0.25, 0.3) is 0 Å². The van der Waals surface area contributed by atoms with E-state index in [0.717, 1.165) is 5.56 Å². The summed E-state index contributed by atoms with van der Waals surface area (Å²) in [6, 6.07) is 15.6. The van der Waals surface area contributed by atoms with Crippen molar-refractivity contribution in [2.75, 3.05) is 6.61 Å². The summed E-state index contributed by atoms with van der Waals surface area (Å²) in [7, 11) is 0. The molecule has 2 aromatic rings. The molecule has 2 unspecified atom stereocenters. The lowest BCUT2D eigenvalue weighted by atomic mass is 10.00. The molecule has 1 saturated heterocycles. The van der Waals surface area contributed by atoms with Crippen LogP contribution in [0, 0.1) is 0 Å². The van der Waals surface area contributed by atoms with Gasteiger partial charge in [-0.25, -0.2) is 0 Å². The third-order valence-electron chi connectivity index (χ3n) is 4.40. The highest BCUT2D eigenvalue weighted by Crippen LogP contribution is 2.29. The van der Waals surface area contributed by atoms with Gasteiger partial charge in [0.1, 0.15) is 6.10 Å². The Labute approximate surface area is 147 Å². The van der Waals surface area contributed by atoms with Crippen LogP contribution in [-0.4, -0.2) is 39.7 Å². The summed E-state index contributed by atoms with van der Waals surface area (Å²) in [5.41, 5.74) is 1.71. The van der Waals surface area contributed by atoms with Gasteiger partial charge in [-0.3, -0.25) is 22.9 Å². The maximum absolute atomic E-state index is 12.8. The number of rotatable bonds is 4. The van der Waals surface area contributed by atoms with Gasteiger partial charge in [0.2, 0.25) is 0 Å². The number of hydrogen-bond donors (Lipinski definition) is 0. The molecule has 0 bridgehead atoms. The molecule has 0 saturated carbocycles. The van der Waals surface area contributed by atoms with Gasteiger partial charge in [0, 0.05) is 0 Å². The molecule has 7 heteroatoms. The molecule has 0 spiro atoms. The van der Waals surface area contributed by atoms with Crippen molar-refractivity contribution < 1.29 is 22.2 Å². The van der Waals surface area contributed by atoms with Gasteiger partial charge in [-0.05, 0) is 24.1 Å². The molecule has 128 valence electrons. The second-order valence-corrected chi connectivity index (χ2v) is 6.74. The van der Waals surface area contributed by atoms with Gasteiger partial charge < -0.3 is 0 Å². The van der Waals surface area contributed by atoms with E-state index in [-0.39, 0.29) is 18.4 Å². The molecule has 4 rings (SSSR count). The molecule has 0 aromatic heterocycles. The van der Waals surface area contributed by atoms with Gasteiger partial charge in [0.05, 0.1) is 23.8 Å². The Kier molecular flexibility index (Phi) is 4.20. The predicted octanol–water partition coefficient (Wildman–Crippen LogP) is 1.89. The van der Waals surface area contributed by atoms with Gasteiger partial charge in [-0.15, -0.1) is 0 Å². The Balaban J connectivity index is 1.70. The third kappa shape index (κ3) is 2.90. The van der Waals surface area contributed by atoms with Crippen LogP contribution in [0.2, 0.25) is 0 Å². The largest absolute Gasteiger partial charge is 0.305 e. The molecule has 3 atom stereocenters. The number of nitrogens with zero attached hydrogens (tertiary/aromatic N) is 1. The van der Waals surface area contributed by atoms with E-state index in [1.165, 1.54) is 4.90 Å². The average molecular weight is 357 g/mol. The predicted molar refractivity (Wildman–Crippen MR) is 89.8 cm³/mol. The maximum atomic E-state index is 12.8. The molecule has 2 aromatic carbocycles. The first-order valence-electron chi connectivity index (χ1n) is 7.88. The van der Waals surface area contributed by atoms with Crippen LogP contribution < -0.4 is 0 Å². The van der Waals surface area contributed by atoms with E-state index in [9.17, 15) is 13.8 Å². The molecule has 2 heterocycles. The van der Waals surface area contributed by atoms with Gasteiger partial charge in [-0.2, -0.15) is 4.21 Å². The minimum absolute atomic E-state index is 0.0670. The number of amides is 2. The lowest BCUT2D eigenvalue weighted by molar-refractivity contribution is 0.0437. The van der Waals surface area contributed by atoms with Crippen LogP contribution in [0.4, 0.5) is 0 Å². The van der Waals surface area contributed by atoms with E-state index in [2.05, 4.69) is 0 Å². The van der Waals surface area contributed by atoms with Gasteiger partial charge in [-0.1, -0.05) is 42.5 Å². The summed E-state index contributed by atoms with van der Waals surface area (Å²) >= 11 is -1.85. The number of carbonyl (C=O) groups is 2. The normalized spacial score (nSPS) is 23.8. The molecule has 2 amide bonds. The lowest BCUT2D eigenvalue weighted by Crippen LogP contribution is -2.49. The number of benzene rings is 2. The van der Waals surface area contributed by atoms with Crippen molar-refractivity contribution in [1.82, 2.24) is 4.90 Å². The monoisotopic (exact) mass is 357 g/mol. The smallest absolute Gasteiger partial charge is 0.269 e. The van der Waals surface area contributed by atoms with E-state index in [1.54, 1.807) is 24.3 Å². The molecule has 1 fully saturated rings. The second-order valence-electron chi connectivity index (χ2n) is 5.91. The summed E-state index contributed by atoms with van der Waals surface area (Å²) in [6.07, 6.45) is -0.236. The fourth-order valence-electron chi connectivity index (χ4n) is 3.21. The highest BCUT2D eigenvalue weighted by Gasteiger charge is 2.45. The van der Waals surface area contributed by atoms with Crippen LogP contribution in [0.5, 0.6) is 0 Å². The van der Waals surface area contributed by atoms with E-state index in [1.807, 2.05) is 30.3 Å². The van der Waals surface area contributed by atoms with Gasteiger partial charge in [0.25, 0.3) is 11.8 Å². The minimum Gasteiger partial charge on any atom is -0.269 e. The molecule has 25 heavy (non-hydrogen) atoms. The van der Waals surface area contributed by atoms with Crippen molar-refractivity contribution in [3.8, 4) is 0 Å². The number of hydrogen-bond acceptors (Lipinski definition) is 5. The number of imide groups is 1. The molecule has 0 N–H and O–H groups in total. The van der Waals surface area contributed by atoms with Gasteiger partial charge >= 0.3 is 11.4 Å². The van der Waals surface area contributed by atoms with Crippen LogP contribution in [0.1, 0.15) is 26.3 Å². The van der Waals surface area contributed by atoms with E-state index >= 15 is 0 Å². The van der Waals surface area contributed by atoms with E-state index in [4.69, 9.17) is 8.37 Å². The second kappa shape index (κ2) is 6.51. The Morgan fingerprint density at radius 1 is 1.00 bits per heavy atom. The molecule has 0 aliphatic carbocycles. The lowest BCUT2D eigenvalue weighted by Gasteiger charge is -2.29. The Bertz CT molecular complexity index is 819. The zero-order chi connectivity index (χ0) is 17.4. The molecule has 6 nitrogen and oxygen atoms in total. The standard InChI is InChI=1S/C18H15NO5S/c20-17-13-8-4-5-9-14(13)18(21)19(17)15(16-11-23-25(22)24-16)10-12-6-2-1-3-7-12/h1-9,15-16H,10-11H2/t15?,16-,25?/m1/s1. The highest BCUT2D eigenvalue weighted by atomic mass is 32.2. The average Bonchev–Trinajstić information content (AvgIpc) is 3.17. The summed E-state index contributed by atoms with van der Waals surface area (Å²) in [6.45, 7) is 0.0670. The first-order chi connectivity index (χ1) is 12.1. The summed E-state index contributed by atoms with van der Waals surface area (Å²) in [5, 5.41) is 0. The van der Waals surface area contributed by atoms with Gasteiger partial charge in [0.15, 0.2) is 0 Å². The zero-order valence-corrected chi connectivity index (χ0v) is 14.0. The quantitative estimate of drug-likeness (QED) is 0.782. The first-order valence-corrected chi connectivity index (χ1v) is 8.88. The molecule has 0 radical (unpaired) electrons. The number of carbonyl (C=O) groups excluding carboxylic acids is 2. The maximum Gasteiger partial charge on any atom is 0.305 e. The van der Waals surface area contributed by atoms with Crippen LogP contribution in [0.3, 0.4) is 0 Å². The fraction of sp³-hybridized carbons (Fsp3) is 0.222. The SMILES string of the molecule is O=C1c2ccccc2C(=O)N1C(Cc1ccccc1)[C@H]1COS(=O)O1. The Hall–Kier alpha value is -2.35. The van der Waals surface area contributed by atoms with Crippen molar-refractivity contribution in [2.24, 2.45) is 0 Å². The van der Waals surface area contributed by atoms with E-state index in [0.29, 0.717) is 17.5 Å². The number of fused-ring (bicyclic) bond motifs is 1. The summed E-state index contributed by atoms with van der Waals surface area (Å²) in [4.78, 5) is 26.8. The fourth-order valence-corrected chi connectivity index (χ4v) is 3.89. The highest BCUT2D eigenvalue weighted by molar-refractivity contribution is 7.75. The first kappa shape index (κ1) is 16.1. The van der Waals surface area contributed by atoms with Crippen molar-refractivity contribution in [1.29, 1.82) is 0 Å². The molecule has 2 aliphatic heterocycles. The topological polar surface area (TPSA) is 72.9 Å². The molecular weight excluding hydrogens is 342 g/mol.